The molecular formula is C17H17N3OS2. The molecule has 3 aromatic rings. The van der Waals surface area contributed by atoms with E-state index in [0.717, 1.165) is 35.2 Å². The summed E-state index contributed by atoms with van der Waals surface area (Å²) in [4.78, 5) is 5.69. The molecule has 0 bridgehead atoms. The lowest BCUT2D eigenvalue weighted by atomic mass is 10.2. The highest BCUT2D eigenvalue weighted by atomic mass is 32.1. The fourth-order valence-electron chi connectivity index (χ4n) is 1.93. The van der Waals surface area contributed by atoms with Crippen LogP contribution in [0.4, 0.5) is 5.13 Å². The van der Waals surface area contributed by atoms with Crippen molar-refractivity contribution in [1.82, 2.24) is 4.98 Å². The van der Waals surface area contributed by atoms with Crippen LogP contribution >= 0.6 is 22.7 Å². The topological polar surface area (TPSA) is 46.5 Å². The van der Waals surface area contributed by atoms with Crippen LogP contribution < -0.4 is 10.2 Å². The SMILES string of the molecule is CCCOc1cccc(/C=N\Nc2nc(-c3cccs3)cs2)c1. The minimum atomic E-state index is 0.726. The van der Waals surface area contributed by atoms with E-state index in [1.54, 1.807) is 28.9 Å². The van der Waals surface area contributed by atoms with E-state index in [1.807, 2.05) is 41.1 Å². The number of ether oxygens (including phenoxy) is 1. The summed E-state index contributed by atoms with van der Waals surface area (Å²) in [6.07, 6.45) is 2.77. The Morgan fingerprint density at radius 1 is 1.26 bits per heavy atom. The normalized spacial score (nSPS) is 11.0. The van der Waals surface area contributed by atoms with Crippen molar-refractivity contribution in [2.45, 2.75) is 13.3 Å². The highest BCUT2D eigenvalue weighted by Gasteiger charge is 2.04. The van der Waals surface area contributed by atoms with Gasteiger partial charge in [-0.1, -0.05) is 25.1 Å². The minimum absolute atomic E-state index is 0.726. The molecule has 0 fully saturated rings. The number of thiophene rings is 1. The second-order valence-electron chi connectivity index (χ2n) is 4.81. The molecular weight excluding hydrogens is 326 g/mol. The van der Waals surface area contributed by atoms with Crippen molar-refractivity contribution in [2.24, 2.45) is 5.10 Å². The molecule has 23 heavy (non-hydrogen) atoms. The van der Waals surface area contributed by atoms with Crippen LogP contribution in [0.5, 0.6) is 5.75 Å². The van der Waals surface area contributed by atoms with Crippen LogP contribution in [0.2, 0.25) is 0 Å². The number of hydrogen-bond acceptors (Lipinski definition) is 6. The van der Waals surface area contributed by atoms with Gasteiger partial charge in [0.05, 0.1) is 23.4 Å². The second kappa shape index (κ2) is 7.89. The van der Waals surface area contributed by atoms with Gasteiger partial charge in [-0.25, -0.2) is 4.98 Å². The third kappa shape index (κ3) is 4.40. The average Bonchev–Trinajstić information content (AvgIpc) is 3.24. The molecule has 3 rings (SSSR count). The summed E-state index contributed by atoms with van der Waals surface area (Å²) >= 11 is 3.23. The van der Waals surface area contributed by atoms with Crippen LogP contribution in [0.3, 0.4) is 0 Å². The van der Waals surface area contributed by atoms with E-state index in [1.165, 1.54) is 4.88 Å². The maximum absolute atomic E-state index is 5.61. The van der Waals surface area contributed by atoms with E-state index in [4.69, 9.17) is 4.74 Å². The highest BCUT2D eigenvalue weighted by Crippen LogP contribution is 2.28. The summed E-state index contributed by atoms with van der Waals surface area (Å²) in [6.45, 7) is 2.82. The summed E-state index contributed by atoms with van der Waals surface area (Å²) in [6, 6.07) is 12.0. The van der Waals surface area contributed by atoms with Gasteiger partial charge in [0.2, 0.25) is 5.13 Å². The number of nitrogens with one attached hydrogen (secondary N) is 1. The third-order valence-electron chi connectivity index (χ3n) is 2.98. The Morgan fingerprint density at radius 3 is 3.04 bits per heavy atom. The predicted molar refractivity (Wildman–Crippen MR) is 98.9 cm³/mol. The van der Waals surface area contributed by atoms with Crippen LogP contribution in [-0.4, -0.2) is 17.8 Å². The Bertz CT molecular complexity index is 766. The lowest BCUT2D eigenvalue weighted by Crippen LogP contribution is -1.96. The van der Waals surface area contributed by atoms with E-state index in [2.05, 4.69) is 28.5 Å². The van der Waals surface area contributed by atoms with E-state index >= 15 is 0 Å². The Balaban J connectivity index is 1.60. The monoisotopic (exact) mass is 343 g/mol. The zero-order valence-corrected chi connectivity index (χ0v) is 14.4. The molecule has 0 spiro atoms. The Hall–Kier alpha value is -2.18. The maximum atomic E-state index is 5.61. The van der Waals surface area contributed by atoms with Crippen LogP contribution in [0.15, 0.2) is 52.3 Å². The first-order valence-corrected chi connectivity index (χ1v) is 9.12. The number of nitrogens with zero attached hydrogens (tertiary/aromatic N) is 2. The molecule has 0 atom stereocenters. The summed E-state index contributed by atoms with van der Waals surface area (Å²) in [5, 5.41) is 9.11. The largest absolute Gasteiger partial charge is 0.494 e. The summed E-state index contributed by atoms with van der Waals surface area (Å²) in [5.41, 5.74) is 4.95. The van der Waals surface area contributed by atoms with Crippen LogP contribution in [0, 0.1) is 0 Å². The summed E-state index contributed by atoms with van der Waals surface area (Å²) < 4.78 is 5.61. The maximum Gasteiger partial charge on any atom is 0.203 e. The summed E-state index contributed by atoms with van der Waals surface area (Å²) in [7, 11) is 0. The first-order chi connectivity index (χ1) is 11.3. The van der Waals surface area contributed by atoms with Gasteiger partial charge in [-0.05, 0) is 35.6 Å². The molecule has 1 N–H and O–H groups in total. The molecule has 0 saturated heterocycles. The van der Waals surface area contributed by atoms with Gasteiger partial charge in [-0.3, -0.25) is 5.43 Å². The van der Waals surface area contributed by atoms with E-state index in [0.29, 0.717) is 0 Å². The molecule has 0 saturated carbocycles. The molecule has 2 aromatic heterocycles. The van der Waals surface area contributed by atoms with Gasteiger partial charge in [-0.15, -0.1) is 22.7 Å². The predicted octanol–water partition coefficient (Wildman–Crippen LogP) is 5.11. The van der Waals surface area contributed by atoms with Crippen molar-refractivity contribution in [3.05, 3.63) is 52.7 Å². The van der Waals surface area contributed by atoms with Crippen molar-refractivity contribution in [3.63, 3.8) is 0 Å². The molecule has 1 aromatic carbocycles. The van der Waals surface area contributed by atoms with Crippen LogP contribution in [-0.2, 0) is 0 Å². The molecule has 0 unspecified atom stereocenters. The quantitative estimate of drug-likeness (QED) is 0.479. The number of anilines is 1. The Morgan fingerprint density at radius 2 is 2.22 bits per heavy atom. The molecule has 118 valence electrons. The van der Waals surface area contributed by atoms with Crippen LogP contribution in [0.1, 0.15) is 18.9 Å². The van der Waals surface area contributed by atoms with Gasteiger partial charge >= 0.3 is 0 Å². The van der Waals surface area contributed by atoms with E-state index < -0.39 is 0 Å². The van der Waals surface area contributed by atoms with Crippen molar-refractivity contribution in [3.8, 4) is 16.3 Å². The number of benzene rings is 1. The number of hydrogen-bond donors (Lipinski definition) is 1. The van der Waals surface area contributed by atoms with Gasteiger partial charge in [0.1, 0.15) is 5.75 Å². The number of thiazole rings is 1. The number of aromatic nitrogens is 1. The van der Waals surface area contributed by atoms with Crippen molar-refractivity contribution in [1.29, 1.82) is 0 Å². The zero-order chi connectivity index (χ0) is 15.9. The number of hydrazone groups is 1. The van der Waals surface area contributed by atoms with Gasteiger partial charge in [0.15, 0.2) is 0 Å². The van der Waals surface area contributed by atoms with E-state index in [-0.39, 0.29) is 0 Å². The average molecular weight is 343 g/mol. The summed E-state index contributed by atoms with van der Waals surface area (Å²) in [5.74, 6) is 0.866. The molecule has 6 heteroatoms. The van der Waals surface area contributed by atoms with Crippen molar-refractivity contribution < 1.29 is 4.74 Å². The standard InChI is InChI=1S/C17H17N3OS2/c1-2-8-21-14-6-3-5-13(10-14)11-18-20-17-19-15(12-23-17)16-7-4-9-22-16/h3-7,9-12H,2,8H2,1H3,(H,19,20)/b18-11-. The molecule has 2 heterocycles. The minimum Gasteiger partial charge on any atom is -0.494 e. The first-order valence-electron chi connectivity index (χ1n) is 7.36. The molecule has 0 radical (unpaired) electrons. The third-order valence-corrected chi connectivity index (χ3v) is 4.62. The van der Waals surface area contributed by atoms with Gasteiger partial charge < -0.3 is 4.74 Å². The van der Waals surface area contributed by atoms with Crippen molar-refractivity contribution >= 4 is 34.0 Å². The Kier molecular flexibility index (Phi) is 5.39. The fraction of sp³-hybridized carbons (Fsp3) is 0.176. The lowest BCUT2D eigenvalue weighted by molar-refractivity contribution is 0.317. The molecule has 0 aliphatic carbocycles. The lowest BCUT2D eigenvalue weighted by Gasteiger charge is -2.04. The first kappa shape index (κ1) is 15.7. The Labute approximate surface area is 143 Å². The van der Waals surface area contributed by atoms with E-state index in [9.17, 15) is 0 Å². The molecule has 0 amide bonds. The van der Waals surface area contributed by atoms with Crippen LogP contribution in [0.25, 0.3) is 10.6 Å². The van der Waals surface area contributed by atoms with Gasteiger partial charge in [-0.2, -0.15) is 5.10 Å². The molecule has 0 aliphatic heterocycles. The zero-order valence-electron chi connectivity index (χ0n) is 12.7. The highest BCUT2D eigenvalue weighted by molar-refractivity contribution is 7.15. The smallest absolute Gasteiger partial charge is 0.203 e. The molecule has 0 aliphatic rings. The van der Waals surface area contributed by atoms with Crippen molar-refractivity contribution in [2.75, 3.05) is 12.0 Å². The van der Waals surface area contributed by atoms with Gasteiger partial charge in [0, 0.05) is 5.38 Å². The second-order valence-corrected chi connectivity index (χ2v) is 6.61. The number of rotatable bonds is 7. The van der Waals surface area contributed by atoms with Gasteiger partial charge in [0.25, 0.3) is 0 Å². The fourth-order valence-corrected chi connectivity index (χ4v) is 3.35. The molecule has 4 nitrogen and oxygen atoms in total.